The molecule has 3 heterocycles. The summed E-state index contributed by atoms with van der Waals surface area (Å²) in [5.74, 6) is -1.19. The summed E-state index contributed by atoms with van der Waals surface area (Å²) in [5.41, 5.74) is 1.81. The minimum absolute atomic E-state index is 0.0160. The van der Waals surface area contributed by atoms with E-state index in [0.29, 0.717) is 43.9 Å². The van der Waals surface area contributed by atoms with Crippen LogP contribution in [0, 0.1) is 5.92 Å². The molecule has 4 rings (SSSR count). The van der Waals surface area contributed by atoms with E-state index in [1.165, 1.54) is 0 Å². The van der Waals surface area contributed by atoms with E-state index in [0.717, 1.165) is 31.4 Å². The van der Waals surface area contributed by atoms with E-state index < -0.39 is 11.8 Å². The van der Waals surface area contributed by atoms with Gasteiger partial charge in [0.2, 0.25) is 5.91 Å². The van der Waals surface area contributed by atoms with Crippen LogP contribution in [0.4, 0.5) is 11.4 Å². The van der Waals surface area contributed by atoms with Crippen LogP contribution in [0.15, 0.2) is 48.8 Å². The van der Waals surface area contributed by atoms with Crippen LogP contribution in [0.1, 0.15) is 42.5 Å². The van der Waals surface area contributed by atoms with E-state index in [9.17, 15) is 19.2 Å². The summed E-state index contributed by atoms with van der Waals surface area (Å²) >= 11 is 0. The van der Waals surface area contributed by atoms with Crippen LogP contribution in [0.3, 0.4) is 0 Å². The molecule has 4 amide bonds. The Hall–Kier alpha value is -3.75. The first-order chi connectivity index (χ1) is 16.5. The maximum atomic E-state index is 12.5. The Balaban J connectivity index is 1.23. The standard InChI is InChI=1S/C25H29N5O4/c31-22-6-1-2-13-30(22)21-5-3-4-20(16-21)28-24(33)23(32)27-17-18-9-14-29(15-10-18)25(34)19-7-11-26-12-8-19/h3-5,7-8,11-12,16,18H,1-2,6,9-10,13-15,17H2,(H,27,32)(H,28,33). The van der Waals surface area contributed by atoms with Gasteiger partial charge in [0.05, 0.1) is 0 Å². The number of amides is 4. The Morgan fingerprint density at radius 3 is 2.47 bits per heavy atom. The molecule has 34 heavy (non-hydrogen) atoms. The van der Waals surface area contributed by atoms with E-state index in [-0.39, 0.29) is 17.7 Å². The molecule has 2 aliphatic heterocycles. The molecule has 0 unspecified atom stereocenters. The molecular weight excluding hydrogens is 434 g/mol. The van der Waals surface area contributed by atoms with Crippen LogP contribution in [0.5, 0.6) is 0 Å². The number of nitrogens with zero attached hydrogens (tertiary/aromatic N) is 3. The summed E-state index contributed by atoms with van der Waals surface area (Å²) in [4.78, 5) is 56.8. The van der Waals surface area contributed by atoms with Crippen molar-refractivity contribution in [3.8, 4) is 0 Å². The van der Waals surface area contributed by atoms with Crippen molar-refractivity contribution in [1.29, 1.82) is 0 Å². The number of benzene rings is 1. The van der Waals surface area contributed by atoms with Gasteiger partial charge in [-0.15, -0.1) is 0 Å². The van der Waals surface area contributed by atoms with Gasteiger partial charge in [0.1, 0.15) is 0 Å². The Labute approximate surface area is 198 Å². The fourth-order valence-electron chi connectivity index (χ4n) is 4.35. The molecule has 0 radical (unpaired) electrons. The molecule has 0 atom stereocenters. The highest BCUT2D eigenvalue weighted by molar-refractivity contribution is 6.39. The molecule has 2 N–H and O–H groups in total. The van der Waals surface area contributed by atoms with Crippen molar-refractivity contribution in [1.82, 2.24) is 15.2 Å². The Bertz CT molecular complexity index is 1050. The van der Waals surface area contributed by atoms with Crippen molar-refractivity contribution < 1.29 is 19.2 Å². The Morgan fingerprint density at radius 1 is 0.971 bits per heavy atom. The highest BCUT2D eigenvalue weighted by Gasteiger charge is 2.25. The van der Waals surface area contributed by atoms with Gasteiger partial charge in [-0.2, -0.15) is 0 Å². The van der Waals surface area contributed by atoms with Gasteiger partial charge in [0.15, 0.2) is 0 Å². The molecule has 2 fully saturated rings. The second kappa shape index (κ2) is 10.9. The number of piperidine rings is 2. The number of pyridine rings is 1. The van der Waals surface area contributed by atoms with Gasteiger partial charge in [-0.3, -0.25) is 24.2 Å². The summed E-state index contributed by atoms with van der Waals surface area (Å²) in [7, 11) is 0. The lowest BCUT2D eigenvalue weighted by Crippen LogP contribution is -2.43. The highest BCUT2D eigenvalue weighted by atomic mass is 16.2. The van der Waals surface area contributed by atoms with Gasteiger partial charge >= 0.3 is 11.8 Å². The number of nitrogens with one attached hydrogen (secondary N) is 2. The van der Waals surface area contributed by atoms with Gasteiger partial charge in [0, 0.05) is 61.9 Å². The summed E-state index contributed by atoms with van der Waals surface area (Å²) in [6, 6.07) is 10.4. The third kappa shape index (κ3) is 5.78. The molecule has 1 aromatic heterocycles. The predicted molar refractivity (Wildman–Crippen MR) is 127 cm³/mol. The summed E-state index contributed by atoms with van der Waals surface area (Å²) in [6.45, 7) is 2.25. The van der Waals surface area contributed by atoms with Crippen molar-refractivity contribution in [3.05, 3.63) is 54.4 Å². The molecule has 0 aliphatic carbocycles. The van der Waals surface area contributed by atoms with E-state index in [1.54, 1.807) is 52.5 Å². The number of anilines is 2. The third-order valence-corrected chi connectivity index (χ3v) is 6.33. The normalized spacial score (nSPS) is 16.8. The lowest BCUT2D eigenvalue weighted by Gasteiger charge is -2.32. The fraction of sp³-hybridized carbons (Fsp3) is 0.400. The van der Waals surface area contributed by atoms with Crippen molar-refractivity contribution in [2.24, 2.45) is 5.92 Å². The van der Waals surface area contributed by atoms with E-state index >= 15 is 0 Å². The molecule has 1 aromatic carbocycles. The van der Waals surface area contributed by atoms with Crippen LogP contribution in [-0.4, -0.2) is 59.7 Å². The second-order valence-electron chi connectivity index (χ2n) is 8.69. The first-order valence-corrected chi connectivity index (χ1v) is 11.7. The average Bonchev–Trinajstić information content (AvgIpc) is 2.88. The number of hydrogen-bond acceptors (Lipinski definition) is 5. The third-order valence-electron chi connectivity index (χ3n) is 6.33. The number of carbonyl (C=O) groups is 4. The van der Waals surface area contributed by atoms with Gasteiger partial charge < -0.3 is 20.4 Å². The Kier molecular flexibility index (Phi) is 7.51. The van der Waals surface area contributed by atoms with Crippen LogP contribution in [-0.2, 0) is 14.4 Å². The maximum Gasteiger partial charge on any atom is 0.313 e. The van der Waals surface area contributed by atoms with Crippen LogP contribution >= 0.6 is 0 Å². The number of carbonyl (C=O) groups excluding carboxylic acids is 4. The van der Waals surface area contributed by atoms with Crippen LogP contribution in [0.25, 0.3) is 0 Å². The van der Waals surface area contributed by atoms with E-state index in [4.69, 9.17) is 0 Å². The molecule has 0 bridgehead atoms. The lowest BCUT2D eigenvalue weighted by molar-refractivity contribution is -0.136. The lowest BCUT2D eigenvalue weighted by atomic mass is 9.96. The summed E-state index contributed by atoms with van der Waals surface area (Å²) < 4.78 is 0. The van der Waals surface area contributed by atoms with Crippen molar-refractivity contribution >= 4 is 35.0 Å². The quantitative estimate of drug-likeness (QED) is 0.661. The van der Waals surface area contributed by atoms with Crippen molar-refractivity contribution in [2.45, 2.75) is 32.1 Å². The zero-order valence-corrected chi connectivity index (χ0v) is 19.0. The van der Waals surface area contributed by atoms with Crippen molar-refractivity contribution in [3.63, 3.8) is 0 Å². The molecular formula is C25H29N5O4. The van der Waals surface area contributed by atoms with Crippen LogP contribution < -0.4 is 15.5 Å². The molecule has 0 saturated carbocycles. The smallest absolute Gasteiger partial charge is 0.313 e. The van der Waals surface area contributed by atoms with Gasteiger partial charge in [-0.1, -0.05) is 6.07 Å². The number of rotatable bonds is 5. The molecule has 2 aromatic rings. The summed E-state index contributed by atoms with van der Waals surface area (Å²) in [5, 5.41) is 5.32. The number of likely N-dealkylation sites (tertiary alicyclic amines) is 1. The topological polar surface area (TPSA) is 112 Å². The first-order valence-electron chi connectivity index (χ1n) is 11.7. The number of aromatic nitrogens is 1. The fourth-order valence-corrected chi connectivity index (χ4v) is 4.35. The molecule has 0 spiro atoms. The largest absolute Gasteiger partial charge is 0.348 e. The number of hydrogen-bond donors (Lipinski definition) is 2. The summed E-state index contributed by atoms with van der Waals surface area (Å²) in [6.07, 6.45) is 7.08. The van der Waals surface area contributed by atoms with Gasteiger partial charge in [0.25, 0.3) is 5.91 Å². The molecule has 2 aliphatic rings. The second-order valence-corrected chi connectivity index (χ2v) is 8.69. The first kappa shape index (κ1) is 23.4. The SMILES string of the molecule is O=C(NCC1CCN(C(=O)c2ccncc2)CC1)C(=O)Nc1cccc(N2CCCCC2=O)c1. The zero-order chi connectivity index (χ0) is 23.9. The Morgan fingerprint density at radius 2 is 1.74 bits per heavy atom. The molecule has 2 saturated heterocycles. The minimum Gasteiger partial charge on any atom is -0.348 e. The minimum atomic E-state index is -0.743. The van der Waals surface area contributed by atoms with E-state index in [1.807, 2.05) is 6.07 Å². The maximum absolute atomic E-state index is 12.5. The zero-order valence-electron chi connectivity index (χ0n) is 19.0. The molecule has 9 heteroatoms. The molecule has 9 nitrogen and oxygen atoms in total. The van der Waals surface area contributed by atoms with Gasteiger partial charge in [-0.05, 0) is 61.9 Å². The highest BCUT2D eigenvalue weighted by Crippen LogP contribution is 2.24. The van der Waals surface area contributed by atoms with Crippen LogP contribution in [0.2, 0.25) is 0 Å². The van der Waals surface area contributed by atoms with Crippen molar-refractivity contribution in [2.75, 3.05) is 36.4 Å². The average molecular weight is 464 g/mol. The monoisotopic (exact) mass is 463 g/mol. The predicted octanol–water partition coefficient (Wildman–Crippen LogP) is 2.21. The molecule has 178 valence electrons. The van der Waals surface area contributed by atoms with Gasteiger partial charge in [-0.25, -0.2) is 0 Å². The van der Waals surface area contributed by atoms with E-state index in [2.05, 4.69) is 15.6 Å².